The number of hydrogen-bond acceptors (Lipinski definition) is 4. The van der Waals surface area contributed by atoms with Gasteiger partial charge in [0.05, 0.1) is 10.5 Å². The molecule has 0 aliphatic carbocycles. The number of nitro groups is 1. The molecule has 1 atom stereocenters. The van der Waals surface area contributed by atoms with E-state index in [1.165, 1.54) is 12.1 Å². The van der Waals surface area contributed by atoms with Gasteiger partial charge in [0.2, 0.25) is 0 Å². The Labute approximate surface area is 156 Å². The predicted molar refractivity (Wildman–Crippen MR) is 104 cm³/mol. The van der Waals surface area contributed by atoms with Crippen LogP contribution in [0.5, 0.6) is 0 Å². The Morgan fingerprint density at radius 1 is 0.926 bits per heavy atom. The third-order valence-electron chi connectivity index (χ3n) is 4.84. The van der Waals surface area contributed by atoms with Crippen molar-refractivity contribution in [3.63, 3.8) is 0 Å². The molecule has 0 saturated heterocycles. The molecule has 27 heavy (non-hydrogen) atoms. The first-order chi connectivity index (χ1) is 13.0. The number of carbonyl (C=O) groups is 1. The lowest BCUT2D eigenvalue weighted by atomic mass is 9.92. The highest BCUT2D eigenvalue weighted by molar-refractivity contribution is 6.12. The number of nitrogens with zero attached hydrogens (tertiary/aromatic N) is 2. The molecule has 1 amide bonds. The van der Waals surface area contributed by atoms with E-state index in [1.807, 2.05) is 55.5 Å². The van der Waals surface area contributed by atoms with E-state index in [9.17, 15) is 14.9 Å². The third kappa shape index (κ3) is 2.71. The Kier molecular flexibility index (Phi) is 3.88. The lowest BCUT2D eigenvalue weighted by Gasteiger charge is -2.46. The summed E-state index contributed by atoms with van der Waals surface area (Å²) in [4.78, 5) is 25.6. The molecule has 1 aliphatic rings. The fourth-order valence-corrected chi connectivity index (χ4v) is 3.48. The summed E-state index contributed by atoms with van der Waals surface area (Å²) in [7, 11) is 0. The van der Waals surface area contributed by atoms with Gasteiger partial charge >= 0.3 is 0 Å². The summed E-state index contributed by atoms with van der Waals surface area (Å²) in [6.45, 7) is 1.90. The molecule has 0 aromatic heterocycles. The van der Waals surface area contributed by atoms with Gasteiger partial charge in [-0.25, -0.2) is 0 Å². The summed E-state index contributed by atoms with van der Waals surface area (Å²) >= 11 is 0. The summed E-state index contributed by atoms with van der Waals surface area (Å²) in [5.74, 6) is -0.128. The first-order valence-electron chi connectivity index (χ1n) is 8.52. The molecule has 0 radical (unpaired) electrons. The highest BCUT2D eigenvalue weighted by atomic mass is 16.6. The summed E-state index contributed by atoms with van der Waals surface area (Å²) in [5, 5.41) is 14.4. The van der Waals surface area contributed by atoms with Gasteiger partial charge < -0.3 is 5.32 Å². The molecule has 3 aromatic carbocycles. The van der Waals surface area contributed by atoms with Gasteiger partial charge in [-0.15, -0.1) is 0 Å². The minimum atomic E-state index is -0.901. The van der Waals surface area contributed by atoms with Crippen LogP contribution in [-0.2, 0) is 5.66 Å². The minimum absolute atomic E-state index is 0.0103. The summed E-state index contributed by atoms with van der Waals surface area (Å²) in [6.07, 6.45) is 0. The van der Waals surface area contributed by atoms with Crippen LogP contribution < -0.4 is 10.2 Å². The van der Waals surface area contributed by atoms with Crippen LogP contribution in [0.4, 0.5) is 17.1 Å². The Morgan fingerprint density at radius 2 is 1.56 bits per heavy atom. The van der Waals surface area contributed by atoms with Gasteiger partial charge in [-0.05, 0) is 48.9 Å². The molecule has 4 rings (SSSR count). The van der Waals surface area contributed by atoms with Gasteiger partial charge in [0, 0.05) is 23.5 Å². The van der Waals surface area contributed by atoms with Crippen LogP contribution in [0, 0.1) is 10.1 Å². The second-order valence-electron chi connectivity index (χ2n) is 6.52. The monoisotopic (exact) mass is 359 g/mol. The van der Waals surface area contributed by atoms with Gasteiger partial charge in [0.1, 0.15) is 5.66 Å². The van der Waals surface area contributed by atoms with Crippen LogP contribution in [0.25, 0.3) is 0 Å². The number of nitro benzene ring substituents is 1. The van der Waals surface area contributed by atoms with E-state index >= 15 is 0 Å². The zero-order chi connectivity index (χ0) is 19.0. The van der Waals surface area contributed by atoms with Crippen molar-refractivity contribution < 1.29 is 9.72 Å². The first kappa shape index (κ1) is 16.8. The number of anilines is 2. The lowest BCUT2D eigenvalue weighted by Crippen LogP contribution is -2.56. The Balaban J connectivity index is 1.89. The van der Waals surface area contributed by atoms with Crippen molar-refractivity contribution in [1.82, 2.24) is 0 Å². The van der Waals surface area contributed by atoms with Crippen molar-refractivity contribution in [3.8, 4) is 0 Å². The van der Waals surface area contributed by atoms with Gasteiger partial charge in [0.25, 0.3) is 11.6 Å². The number of benzene rings is 3. The number of carbonyl (C=O) groups excluding carboxylic acids is 1. The molecule has 1 N–H and O–H groups in total. The van der Waals surface area contributed by atoms with E-state index < -0.39 is 10.6 Å². The molecule has 6 nitrogen and oxygen atoms in total. The maximum Gasteiger partial charge on any atom is 0.269 e. The molecule has 3 aromatic rings. The quantitative estimate of drug-likeness (QED) is 0.550. The topological polar surface area (TPSA) is 75.5 Å². The highest BCUT2D eigenvalue weighted by Crippen LogP contribution is 2.40. The molecule has 1 unspecified atom stereocenters. The molecule has 0 fully saturated rings. The smallest absolute Gasteiger partial charge is 0.269 e. The van der Waals surface area contributed by atoms with Crippen molar-refractivity contribution in [2.75, 3.05) is 10.2 Å². The predicted octanol–water partition coefficient (Wildman–Crippen LogP) is 4.54. The largest absolute Gasteiger partial charge is 0.358 e. The lowest BCUT2D eigenvalue weighted by molar-refractivity contribution is -0.384. The maximum atomic E-state index is 13.4. The van der Waals surface area contributed by atoms with Gasteiger partial charge in [-0.3, -0.25) is 19.8 Å². The molecule has 1 heterocycles. The molecular formula is C21H17N3O3. The summed E-state index contributed by atoms with van der Waals surface area (Å²) in [6, 6.07) is 23.0. The molecule has 134 valence electrons. The molecular weight excluding hydrogens is 342 g/mol. The third-order valence-corrected chi connectivity index (χ3v) is 4.84. The number of para-hydroxylation sites is 2. The van der Waals surface area contributed by atoms with Crippen LogP contribution in [-0.4, -0.2) is 10.8 Å². The van der Waals surface area contributed by atoms with Crippen molar-refractivity contribution >= 4 is 23.0 Å². The maximum absolute atomic E-state index is 13.4. The normalized spacial score (nSPS) is 18.6. The zero-order valence-electron chi connectivity index (χ0n) is 14.6. The summed E-state index contributed by atoms with van der Waals surface area (Å²) < 4.78 is 0. The zero-order valence-corrected chi connectivity index (χ0v) is 14.6. The van der Waals surface area contributed by atoms with Gasteiger partial charge in [0.15, 0.2) is 0 Å². The number of fused-ring (bicyclic) bond motifs is 1. The molecule has 1 aliphatic heterocycles. The fourth-order valence-electron chi connectivity index (χ4n) is 3.48. The number of nitrogens with one attached hydrogen (secondary N) is 1. The molecule has 6 heteroatoms. The average Bonchev–Trinajstić information content (AvgIpc) is 2.69. The van der Waals surface area contributed by atoms with E-state index in [2.05, 4.69) is 5.32 Å². The van der Waals surface area contributed by atoms with E-state index in [0.717, 1.165) is 16.9 Å². The fraction of sp³-hybridized carbons (Fsp3) is 0.0952. The average molecular weight is 359 g/mol. The molecule has 0 bridgehead atoms. The number of rotatable bonds is 3. The van der Waals surface area contributed by atoms with Crippen LogP contribution in [0.15, 0.2) is 78.9 Å². The van der Waals surface area contributed by atoms with E-state index in [4.69, 9.17) is 0 Å². The summed E-state index contributed by atoms with van der Waals surface area (Å²) in [5.41, 5.74) is 1.92. The van der Waals surface area contributed by atoms with E-state index in [0.29, 0.717) is 5.56 Å². The second-order valence-corrected chi connectivity index (χ2v) is 6.52. The SMILES string of the molecule is CC1(c2ccc([N+](=O)[O-])cc2)Nc2ccccc2C(=O)N1c1ccccc1. The van der Waals surface area contributed by atoms with Crippen molar-refractivity contribution in [2.24, 2.45) is 0 Å². The standard InChI is InChI=1S/C21H17N3O3/c1-21(15-11-13-17(14-12-15)24(26)27)22-19-10-6-5-9-18(19)20(25)23(21)16-7-3-2-4-8-16/h2-14,22H,1H3. The van der Waals surface area contributed by atoms with Crippen molar-refractivity contribution in [2.45, 2.75) is 12.6 Å². The second kappa shape index (κ2) is 6.25. The molecule has 0 spiro atoms. The Hall–Kier alpha value is -3.67. The van der Waals surface area contributed by atoms with Crippen LogP contribution >= 0.6 is 0 Å². The highest BCUT2D eigenvalue weighted by Gasteiger charge is 2.43. The van der Waals surface area contributed by atoms with Crippen molar-refractivity contribution in [1.29, 1.82) is 0 Å². The van der Waals surface area contributed by atoms with Crippen LogP contribution in [0.3, 0.4) is 0 Å². The van der Waals surface area contributed by atoms with Crippen LogP contribution in [0.1, 0.15) is 22.8 Å². The Morgan fingerprint density at radius 3 is 2.22 bits per heavy atom. The van der Waals surface area contributed by atoms with Gasteiger partial charge in [-0.2, -0.15) is 0 Å². The number of non-ortho nitro benzene ring substituents is 1. The van der Waals surface area contributed by atoms with Crippen LogP contribution in [0.2, 0.25) is 0 Å². The molecule has 0 saturated carbocycles. The van der Waals surface area contributed by atoms with Gasteiger partial charge in [-0.1, -0.05) is 30.3 Å². The van der Waals surface area contributed by atoms with E-state index in [1.54, 1.807) is 23.1 Å². The minimum Gasteiger partial charge on any atom is -0.358 e. The first-order valence-corrected chi connectivity index (χ1v) is 8.52. The Bertz CT molecular complexity index is 1020. The van der Waals surface area contributed by atoms with Crippen molar-refractivity contribution in [3.05, 3.63) is 100 Å². The number of hydrogen-bond donors (Lipinski definition) is 1. The number of amides is 1. The van der Waals surface area contributed by atoms with E-state index in [-0.39, 0.29) is 11.6 Å².